The minimum absolute atomic E-state index is 0.0692. The van der Waals surface area contributed by atoms with Gasteiger partial charge in [0.2, 0.25) is 0 Å². The van der Waals surface area contributed by atoms with Gasteiger partial charge >= 0.3 is 0 Å². The summed E-state index contributed by atoms with van der Waals surface area (Å²) in [6.07, 6.45) is 3.21. The van der Waals surface area contributed by atoms with Crippen LogP contribution in [0.2, 0.25) is 0 Å². The molecule has 6 nitrogen and oxygen atoms in total. The number of aliphatic imine (C=N–C) groups is 2. The van der Waals surface area contributed by atoms with E-state index in [9.17, 15) is 20.4 Å². The van der Waals surface area contributed by atoms with Gasteiger partial charge in [-0.2, -0.15) is 0 Å². The van der Waals surface area contributed by atoms with Crippen molar-refractivity contribution in [3.05, 3.63) is 82.9 Å². The van der Waals surface area contributed by atoms with Crippen molar-refractivity contribution in [2.24, 2.45) is 9.98 Å². The molecular formula is C32H34N2O4. The Morgan fingerprint density at radius 2 is 1.08 bits per heavy atom. The highest BCUT2D eigenvalue weighted by molar-refractivity contribution is 6.08. The normalized spacial score (nSPS) is 13.5. The van der Waals surface area contributed by atoms with Gasteiger partial charge in [0.25, 0.3) is 0 Å². The average molecular weight is 511 g/mol. The van der Waals surface area contributed by atoms with E-state index < -0.39 is 0 Å². The Balaban J connectivity index is 1.95. The average Bonchev–Trinajstić information content (AvgIpc) is 2.91. The summed E-state index contributed by atoms with van der Waals surface area (Å²) in [7, 11) is 0. The molecule has 0 unspecified atom stereocenters. The fraction of sp³-hybridized carbons (Fsp3) is 0.250. The molecular weight excluding hydrogens is 476 g/mol. The molecule has 0 bridgehead atoms. The molecule has 0 spiro atoms. The van der Waals surface area contributed by atoms with Gasteiger partial charge in [-0.25, -0.2) is 0 Å². The first-order valence-electron chi connectivity index (χ1n) is 12.7. The van der Waals surface area contributed by atoms with Gasteiger partial charge in [-0.3, -0.25) is 9.98 Å². The number of aliphatic hydroxyl groups is 2. The number of nitrogens with zero attached hydrogens (tertiary/aromatic N) is 2. The van der Waals surface area contributed by atoms with Gasteiger partial charge in [-0.15, -0.1) is 0 Å². The van der Waals surface area contributed by atoms with Gasteiger partial charge in [0.1, 0.15) is 11.5 Å². The molecule has 0 heterocycles. The summed E-state index contributed by atoms with van der Waals surface area (Å²) in [5.41, 5.74) is 6.96. The summed E-state index contributed by atoms with van der Waals surface area (Å²) >= 11 is 0. The molecule has 0 saturated heterocycles. The molecule has 4 rings (SSSR count). The highest BCUT2D eigenvalue weighted by Crippen LogP contribution is 2.41. The molecule has 0 aliphatic carbocycles. The smallest absolute Gasteiger partial charge is 0.124 e. The van der Waals surface area contributed by atoms with Crippen LogP contribution in [0.15, 0.2) is 70.6 Å². The van der Waals surface area contributed by atoms with Crippen LogP contribution in [0.1, 0.15) is 36.1 Å². The summed E-state index contributed by atoms with van der Waals surface area (Å²) in [5, 5.41) is 42.0. The molecule has 0 amide bonds. The first kappa shape index (κ1) is 27.0. The SMILES string of the molecule is Cc1cc(O)c(/C=N/[C@@H](C)CO)cc1-c1cccc2cccc(-c3cc(/C=N/[C@@H](C)CO)c(O)cc3C)c12. The Morgan fingerprint density at radius 3 is 1.47 bits per heavy atom. The number of phenols is 2. The topological polar surface area (TPSA) is 106 Å². The summed E-state index contributed by atoms with van der Waals surface area (Å²) in [6.45, 7) is 7.42. The molecule has 6 heteroatoms. The van der Waals surface area contributed by atoms with Crippen molar-refractivity contribution in [2.75, 3.05) is 13.2 Å². The van der Waals surface area contributed by atoms with Crippen LogP contribution in [0, 0.1) is 13.8 Å². The molecule has 4 N–H and O–H groups in total. The number of aliphatic hydroxyl groups excluding tert-OH is 2. The van der Waals surface area contributed by atoms with Crippen LogP contribution in [0.5, 0.6) is 11.5 Å². The van der Waals surface area contributed by atoms with Crippen molar-refractivity contribution in [2.45, 2.75) is 39.8 Å². The number of hydrogen-bond donors (Lipinski definition) is 4. The second-order valence-corrected chi connectivity index (χ2v) is 9.78. The predicted molar refractivity (Wildman–Crippen MR) is 156 cm³/mol. The van der Waals surface area contributed by atoms with Gasteiger partial charge in [0.05, 0.1) is 25.3 Å². The first-order valence-corrected chi connectivity index (χ1v) is 12.7. The van der Waals surface area contributed by atoms with E-state index in [4.69, 9.17) is 0 Å². The second-order valence-electron chi connectivity index (χ2n) is 9.78. The zero-order valence-corrected chi connectivity index (χ0v) is 22.2. The van der Waals surface area contributed by atoms with E-state index in [-0.39, 0.29) is 36.8 Å². The maximum absolute atomic E-state index is 10.6. The fourth-order valence-electron chi connectivity index (χ4n) is 4.51. The zero-order chi connectivity index (χ0) is 27.4. The molecule has 0 fully saturated rings. The Kier molecular flexibility index (Phi) is 8.25. The monoisotopic (exact) mass is 510 g/mol. The molecule has 0 radical (unpaired) electrons. The van der Waals surface area contributed by atoms with Crippen molar-refractivity contribution >= 4 is 23.2 Å². The van der Waals surface area contributed by atoms with E-state index in [0.717, 1.165) is 44.2 Å². The maximum Gasteiger partial charge on any atom is 0.124 e. The van der Waals surface area contributed by atoms with Crippen molar-refractivity contribution in [3.63, 3.8) is 0 Å². The number of hydrogen-bond acceptors (Lipinski definition) is 6. The lowest BCUT2D eigenvalue weighted by molar-refractivity contribution is 0.274. The number of fused-ring (bicyclic) bond motifs is 1. The third-order valence-electron chi connectivity index (χ3n) is 6.70. The number of benzene rings is 4. The molecule has 4 aromatic carbocycles. The van der Waals surface area contributed by atoms with E-state index in [0.29, 0.717) is 11.1 Å². The Hall–Kier alpha value is -4.00. The van der Waals surface area contributed by atoms with Crippen LogP contribution in [-0.4, -0.2) is 58.2 Å². The quantitative estimate of drug-likeness (QED) is 0.225. The minimum Gasteiger partial charge on any atom is -0.507 e. The van der Waals surface area contributed by atoms with Crippen molar-refractivity contribution < 1.29 is 20.4 Å². The standard InChI is InChI=1S/C32H34N2O4/c1-19-11-30(37)24(15-33-21(3)17-35)13-28(19)26-9-5-7-23-8-6-10-27(32(23)26)29-14-25(16-34-22(4)18-36)31(38)12-20(29)2/h5-16,21-22,35-38H,17-18H2,1-4H3/b33-15+,34-16+/t21-,22-/m0/s1. The summed E-state index contributed by atoms with van der Waals surface area (Å²) < 4.78 is 0. The third-order valence-corrected chi connectivity index (χ3v) is 6.70. The number of aromatic hydroxyl groups is 2. The lowest BCUT2D eigenvalue weighted by Gasteiger charge is -2.17. The Morgan fingerprint density at radius 1 is 0.658 bits per heavy atom. The van der Waals surface area contributed by atoms with E-state index in [1.807, 2.05) is 52.0 Å². The molecule has 4 aromatic rings. The van der Waals surface area contributed by atoms with E-state index in [1.54, 1.807) is 24.6 Å². The van der Waals surface area contributed by atoms with Gasteiger partial charge in [-0.05, 0) is 96.1 Å². The van der Waals surface area contributed by atoms with Gasteiger partial charge in [0.15, 0.2) is 0 Å². The summed E-state index contributed by atoms with van der Waals surface area (Å²) in [6, 6.07) is 19.2. The van der Waals surface area contributed by atoms with Crippen LogP contribution in [0.3, 0.4) is 0 Å². The molecule has 0 saturated carbocycles. The maximum atomic E-state index is 10.6. The van der Waals surface area contributed by atoms with Crippen LogP contribution in [0.4, 0.5) is 0 Å². The Bertz CT molecular complexity index is 1410. The van der Waals surface area contributed by atoms with Gasteiger partial charge in [0, 0.05) is 23.6 Å². The fourth-order valence-corrected chi connectivity index (χ4v) is 4.51. The molecule has 196 valence electrons. The largest absolute Gasteiger partial charge is 0.507 e. The molecule has 0 aliphatic heterocycles. The van der Waals surface area contributed by atoms with Crippen molar-refractivity contribution in [3.8, 4) is 33.8 Å². The first-order chi connectivity index (χ1) is 18.2. The molecule has 0 aromatic heterocycles. The number of phenolic OH excluding ortho intramolecular Hbond substituents is 2. The predicted octanol–water partition coefficient (Wildman–Crippen LogP) is 5.80. The van der Waals surface area contributed by atoms with Gasteiger partial charge < -0.3 is 20.4 Å². The third kappa shape index (κ3) is 5.62. The van der Waals surface area contributed by atoms with Crippen LogP contribution < -0.4 is 0 Å². The summed E-state index contributed by atoms with van der Waals surface area (Å²) in [4.78, 5) is 8.69. The lowest BCUT2D eigenvalue weighted by atomic mass is 9.87. The van der Waals surface area contributed by atoms with Crippen molar-refractivity contribution in [1.29, 1.82) is 0 Å². The molecule has 0 aliphatic rings. The van der Waals surface area contributed by atoms with Gasteiger partial charge in [-0.1, -0.05) is 36.4 Å². The minimum atomic E-state index is -0.265. The highest BCUT2D eigenvalue weighted by atomic mass is 16.3. The molecule has 2 atom stereocenters. The van der Waals surface area contributed by atoms with E-state index >= 15 is 0 Å². The van der Waals surface area contributed by atoms with Crippen LogP contribution >= 0.6 is 0 Å². The summed E-state index contributed by atoms with van der Waals surface area (Å²) in [5.74, 6) is 0.270. The van der Waals surface area contributed by atoms with E-state index in [2.05, 4.69) is 34.3 Å². The Labute approximate surface area is 223 Å². The molecule has 38 heavy (non-hydrogen) atoms. The lowest BCUT2D eigenvalue weighted by Crippen LogP contribution is -2.04. The van der Waals surface area contributed by atoms with E-state index in [1.165, 1.54) is 0 Å². The highest BCUT2D eigenvalue weighted by Gasteiger charge is 2.16. The second kappa shape index (κ2) is 11.6. The number of aryl methyl sites for hydroxylation is 2. The van der Waals surface area contributed by atoms with Crippen molar-refractivity contribution in [1.82, 2.24) is 0 Å². The van der Waals surface area contributed by atoms with Crippen LogP contribution in [0.25, 0.3) is 33.0 Å². The van der Waals surface area contributed by atoms with Crippen LogP contribution in [-0.2, 0) is 0 Å². The number of rotatable bonds is 8. The zero-order valence-electron chi connectivity index (χ0n) is 22.2.